The Balaban J connectivity index is 0.000000216. The topological polar surface area (TPSA) is 136 Å². The van der Waals surface area contributed by atoms with Crippen LogP contribution >= 0.6 is 11.6 Å². The van der Waals surface area contributed by atoms with Crippen molar-refractivity contribution in [1.82, 2.24) is 19.5 Å². The minimum atomic E-state index is -0.122. The summed E-state index contributed by atoms with van der Waals surface area (Å²) in [6.07, 6.45) is 1.96. The van der Waals surface area contributed by atoms with Crippen molar-refractivity contribution in [1.29, 1.82) is 5.26 Å². The molecule has 9 heteroatoms. The molecule has 0 spiro atoms. The van der Waals surface area contributed by atoms with Crippen LogP contribution < -0.4 is 17.0 Å². The van der Waals surface area contributed by atoms with Gasteiger partial charge in [-0.05, 0) is 24.3 Å². The second-order valence-electron chi connectivity index (χ2n) is 6.13. The van der Waals surface area contributed by atoms with Crippen molar-refractivity contribution in [3.63, 3.8) is 0 Å². The number of hydrogen-bond donors (Lipinski definition) is 2. The largest absolute Gasteiger partial charge is 0.382 e. The van der Waals surface area contributed by atoms with Crippen molar-refractivity contribution < 1.29 is 0 Å². The number of nitrogens with two attached hydrogens (primary N) is 2. The molecule has 0 bridgehead atoms. The highest BCUT2D eigenvalue weighted by atomic mass is 35.5. The van der Waals surface area contributed by atoms with Crippen LogP contribution in [-0.4, -0.2) is 19.5 Å². The van der Waals surface area contributed by atoms with Crippen LogP contribution in [0.5, 0.6) is 0 Å². The lowest BCUT2D eigenvalue weighted by Gasteiger charge is -2.12. The molecule has 0 unspecified atom stereocenters. The highest BCUT2D eigenvalue weighted by molar-refractivity contribution is 6.35. The average molecular weight is 420 g/mol. The molecule has 0 saturated heterocycles. The molecule has 0 aliphatic carbocycles. The predicted octanol–water partition coefficient (Wildman–Crippen LogP) is 3.11. The summed E-state index contributed by atoms with van der Waals surface area (Å²) in [4.78, 5) is 24.6. The minimum absolute atomic E-state index is 0.0718. The summed E-state index contributed by atoms with van der Waals surface area (Å²) in [6.45, 7) is 1.98. The molecule has 0 aliphatic rings. The van der Waals surface area contributed by atoms with E-state index in [1.165, 1.54) is 6.20 Å². The third-order valence-corrected chi connectivity index (χ3v) is 4.49. The molecule has 0 atom stereocenters. The Morgan fingerprint density at radius 2 is 1.83 bits per heavy atom. The summed E-state index contributed by atoms with van der Waals surface area (Å²) in [5.74, 6) is 1.02. The van der Waals surface area contributed by atoms with Crippen LogP contribution in [0.4, 0.5) is 11.6 Å². The zero-order valence-electron chi connectivity index (χ0n) is 16.1. The van der Waals surface area contributed by atoms with Gasteiger partial charge < -0.3 is 11.5 Å². The van der Waals surface area contributed by atoms with Gasteiger partial charge in [-0.3, -0.25) is 9.36 Å². The molecule has 0 aliphatic heterocycles. The lowest BCUT2D eigenvalue weighted by Crippen LogP contribution is -2.23. The second kappa shape index (κ2) is 9.03. The van der Waals surface area contributed by atoms with E-state index in [0.717, 1.165) is 11.5 Å². The van der Waals surface area contributed by atoms with E-state index in [-0.39, 0.29) is 22.9 Å². The quantitative estimate of drug-likeness (QED) is 0.509. The van der Waals surface area contributed by atoms with Crippen LogP contribution in [-0.2, 0) is 6.42 Å². The highest BCUT2D eigenvalue weighted by Crippen LogP contribution is 2.20. The molecule has 150 valence electrons. The molecule has 0 amide bonds. The molecule has 0 saturated carbocycles. The molecule has 0 radical (unpaired) electrons. The van der Waals surface area contributed by atoms with Crippen molar-refractivity contribution in [3.05, 3.63) is 81.6 Å². The first-order valence-corrected chi connectivity index (χ1v) is 9.37. The SMILES string of the molecule is CCc1nc2cccc(Cl)c2c(=O)n1-c1ccccc1.N#Cc1ncc(N)nc1N. The molecular weight excluding hydrogens is 402 g/mol. The fourth-order valence-corrected chi connectivity index (χ4v) is 3.07. The van der Waals surface area contributed by atoms with E-state index in [2.05, 4.69) is 15.0 Å². The number of anilines is 2. The molecule has 2 aromatic heterocycles. The van der Waals surface area contributed by atoms with Gasteiger partial charge in [-0.2, -0.15) is 5.26 Å². The Kier molecular flexibility index (Phi) is 6.25. The molecule has 2 aromatic carbocycles. The van der Waals surface area contributed by atoms with E-state index in [0.29, 0.717) is 22.3 Å². The number of rotatable bonds is 2. The van der Waals surface area contributed by atoms with Crippen molar-refractivity contribution in [2.24, 2.45) is 0 Å². The summed E-state index contributed by atoms with van der Waals surface area (Å²) in [6, 6.07) is 16.6. The Bertz CT molecular complexity index is 1300. The Hall–Kier alpha value is -3.96. The maximum Gasteiger partial charge on any atom is 0.267 e. The number of aromatic nitrogens is 4. The van der Waals surface area contributed by atoms with Crippen LogP contribution in [0.3, 0.4) is 0 Å². The molecule has 30 heavy (non-hydrogen) atoms. The summed E-state index contributed by atoms with van der Waals surface area (Å²) in [5, 5.41) is 9.24. The van der Waals surface area contributed by atoms with Crippen molar-refractivity contribution in [2.45, 2.75) is 13.3 Å². The third kappa shape index (κ3) is 4.21. The average Bonchev–Trinajstić information content (AvgIpc) is 2.74. The number of para-hydroxylation sites is 1. The predicted molar refractivity (Wildman–Crippen MR) is 117 cm³/mol. The lowest BCUT2D eigenvalue weighted by atomic mass is 10.2. The highest BCUT2D eigenvalue weighted by Gasteiger charge is 2.13. The molecule has 4 rings (SSSR count). The first-order chi connectivity index (χ1) is 14.5. The van der Waals surface area contributed by atoms with Crippen molar-refractivity contribution >= 4 is 34.1 Å². The van der Waals surface area contributed by atoms with E-state index >= 15 is 0 Å². The molecule has 2 heterocycles. The van der Waals surface area contributed by atoms with E-state index in [1.54, 1.807) is 16.7 Å². The Morgan fingerprint density at radius 1 is 1.10 bits per heavy atom. The molecule has 4 aromatic rings. The monoisotopic (exact) mass is 419 g/mol. The minimum Gasteiger partial charge on any atom is -0.382 e. The summed E-state index contributed by atoms with van der Waals surface area (Å²) in [7, 11) is 0. The lowest BCUT2D eigenvalue weighted by molar-refractivity contribution is 0.833. The molecule has 0 fully saturated rings. The number of benzene rings is 2. The smallest absolute Gasteiger partial charge is 0.267 e. The van der Waals surface area contributed by atoms with Crippen LogP contribution in [0.25, 0.3) is 16.6 Å². The van der Waals surface area contributed by atoms with Gasteiger partial charge in [0, 0.05) is 6.42 Å². The molecule has 4 N–H and O–H groups in total. The van der Waals surface area contributed by atoms with Crippen LogP contribution in [0.1, 0.15) is 18.4 Å². The number of nitrogens with zero attached hydrogens (tertiary/aromatic N) is 5. The Labute approximate surface area is 177 Å². The van der Waals surface area contributed by atoms with Gasteiger partial charge in [0.15, 0.2) is 11.5 Å². The van der Waals surface area contributed by atoms with Crippen LogP contribution in [0, 0.1) is 11.3 Å². The maximum absolute atomic E-state index is 12.8. The van der Waals surface area contributed by atoms with E-state index < -0.39 is 0 Å². The van der Waals surface area contributed by atoms with Gasteiger partial charge in [0.2, 0.25) is 0 Å². The number of fused-ring (bicyclic) bond motifs is 1. The number of nitrogen functional groups attached to an aromatic ring is 2. The van der Waals surface area contributed by atoms with E-state index in [9.17, 15) is 4.79 Å². The summed E-state index contributed by atoms with van der Waals surface area (Å²) < 4.78 is 1.63. The van der Waals surface area contributed by atoms with Gasteiger partial charge in [-0.1, -0.05) is 42.8 Å². The van der Waals surface area contributed by atoms with Crippen LogP contribution in [0.15, 0.2) is 59.5 Å². The van der Waals surface area contributed by atoms with Gasteiger partial charge in [0.25, 0.3) is 5.56 Å². The van der Waals surface area contributed by atoms with Crippen LogP contribution in [0.2, 0.25) is 5.02 Å². The fraction of sp³-hybridized carbons (Fsp3) is 0.0952. The number of hydrogen-bond acceptors (Lipinski definition) is 7. The first-order valence-electron chi connectivity index (χ1n) is 9.00. The number of halogens is 1. The van der Waals surface area contributed by atoms with Crippen molar-refractivity contribution in [3.8, 4) is 11.8 Å². The second-order valence-corrected chi connectivity index (χ2v) is 6.54. The molecule has 8 nitrogen and oxygen atoms in total. The summed E-state index contributed by atoms with van der Waals surface area (Å²) in [5.41, 5.74) is 11.9. The zero-order valence-corrected chi connectivity index (χ0v) is 16.8. The third-order valence-electron chi connectivity index (χ3n) is 4.17. The van der Waals surface area contributed by atoms with Gasteiger partial charge >= 0.3 is 0 Å². The Morgan fingerprint density at radius 3 is 2.47 bits per heavy atom. The maximum atomic E-state index is 12.8. The van der Waals surface area contributed by atoms with E-state index in [1.807, 2.05) is 49.4 Å². The zero-order chi connectivity index (χ0) is 21.7. The standard InChI is InChI=1S/C16H13ClN2O.C5H5N5/c1-2-14-18-13-10-6-9-12(17)15(13)16(20)19(14)11-7-4-3-5-8-11;6-1-3-5(8)10-4(7)2-9-3/h3-10H,2H2,1H3;2H,(H4,7,8,10). The normalized spacial score (nSPS) is 10.2. The first kappa shape index (κ1) is 20.8. The van der Waals surface area contributed by atoms with Gasteiger partial charge in [-0.15, -0.1) is 0 Å². The number of nitriles is 1. The fourth-order valence-electron chi connectivity index (χ4n) is 2.82. The molecular formula is C21H18ClN7O. The van der Waals surface area contributed by atoms with Gasteiger partial charge in [0.1, 0.15) is 17.7 Å². The number of aryl methyl sites for hydroxylation is 1. The summed E-state index contributed by atoms with van der Waals surface area (Å²) >= 11 is 6.16. The van der Waals surface area contributed by atoms with E-state index in [4.69, 9.17) is 28.3 Å². The van der Waals surface area contributed by atoms with Gasteiger partial charge in [-0.25, -0.2) is 15.0 Å². The van der Waals surface area contributed by atoms with Crippen molar-refractivity contribution in [2.75, 3.05) is 11.5 Å². The van der Waals surface area contributed by atoms with Gasteiger partial charge in [0.05, 0.1) is 27.8 Å².